The first-order chi connectivity index (χ1) is 18.2. The maximum Gasteiger partial charge on any atom is 0.264 e. The molecule has 1 N–H and O–H groups in total. The van der Waals surface area contributed by atoms with Crippen molar-refractivity contribution in [3.63, 3.8) is 0 Å². The summed E-state index contributed by atoms with van der Waals surface area (Å²) in [6.07, 6.45) is 0.369. The van der Waals surface area contributed by atoms with Crippen molar-refractivity contribution in [3.05, 3.63) is 90.0 Å². The lowest BCUT2D eigenvalue weighted by molar-refractivity contribution is -0.140. The van der Waals surface area contributed by atoms with Gasteiger partial charge in [-0.15, -0.1) is 0 Å². The Morgan fingerprint density at radius 2 is 1.66 bits per heavy atom. The summed E-state index contributed by atoms with van der Waals surface area (Å²) in [4.78, 5) is 28.5. The van der Waals surface area contributed by atoms with Crippen molar-refractivity contribution in [2.75, 3.05) is 24.5 Å². The SMILES string of the molecule is CCNC(=O)[C@@H](CC)N(Cc1cccc(C)c1)C(=O)CN(c1cccc(OC)c1)S(=O)(=O)c1ccccc1. The first-order valence-electron chi connectivity index (χ1n) is 12.6. The molecule has 0 aliphatic heterocycles. The summed E-state index contributed by atoms with van der Waals surface area (Å²) in [5, 5.41) is 2.80. The van der Waals surface area contributed by atoms with Crippen LogP contribution in [-0.4, -0.2) is 51.4 Å². The Kier molecular flexibility index (Phi) is 9.90. The Morgan fingerprint density at radius 1 is 0.947 bits per heavy atom. The Balaban J connectivity index is 2.07. The molecule has 0 aliphatic rings. The number of methoxy groups -OCH3 is 1. The van der Waals surface area contributed by atoms with Crippen LogP contribution in [0.1, 0.15) is 31.4 Å². The van der Waals surface area contributed by atoms with Gasteiger partial charge >= 0.3 is 0 Å². The van der Waals surface area contributed by atoms with E-state index < -0.39 is 28.5 Å². The second kappa shape index (κ2) is 13.1. The molecule has 3 rings (SSSR count). The summed E-state index contributed by atoms with van der Waals surface area (Å²) in [5.41, 5.74) is 2.15. The topological polar surface area (TPSA) is 96.0 Å². The zero-order valence-electron chi connectivity index (χ0n) is 22.3. The average molecular weight is 538 g/mol. The summed E-state index contributed by atoms with van der Waals surface area (Å²) < 4.78 is 34.0. The second-order valence-electron chi connectivity index (χ2n) is 8.86. The molecule has 38 heavy (non-hydrogen) atoms. The first kappa shape index (κ1) is 28.7. The van der Waals surface area contributed by atoms with E-state index in [4.69, 9.17) is 4.74 Å². The fraction of sp³-hybridized carbons (Fsp3) is 0.310. The minimum Gasteiger partial charge on any atom is -0.497 e. The highest BCUT2D eigenvalue weighted by atomic mass is 32.2. The lowest BCUT2D eigenvalue weighted by atomic mass is 10.1. The quantitative estimate of drug-likeness (QED) is 0.375. The molecule has 1 atom stereocenters. The zero-order chi connectivity index (χ0) is 27.7. The Labute approximate surface area is 225 Å². The van der Waals surface area contributed by atoms with E-state index in [1.807, 2.05) is 45.0 Å². The van der Waals surface area contributed by atoms with Crippen molar-refractivity contribution in [2.24, 2.45) is 0 Å². The van der Waals surface area contributed by atoms with Gasteiger partial charge in [0.1, 0.15) is 18.3 Å². The van der Waals surface area contributed by atoms with Crippen LogP contribution < -0.4 is 14.4 Å². The number of carbonyl (C=O) groups is 2. The summed E-state index contributed by atoms with van der Waals surface area (Å²) >= 11 is 0. The number of ether oxygens (including phenoxy) is 1. The lowest BCUT2D eigenvalue weighted by Gasteiger charge is -2.33. The van der Waals surface area contributed by atoms with Crippen molar-refractivity contribution >= 4 is 27.5 Å². The molecule has 0 bridgehead atoms. The van der Waals surface area contributed by atoms with Gasteiger partial charge in [0.25, 0.3) is 10.0 Å². The number of likely N-dealkylation sites (N-methyl/N-ethyl adjacent to an activating group) is 1. The first-order valence-corrected chi connectivity index (χ1v) is 14.0. The average Bonchev–Trinajstić information content (AvgIpc) is 2.92. The zero-order valence-corrected chi connectivity index (χ0v) is 23.1. The number of carbonyl (C=O) groups excluding carboxylic acids is 2. The molecule has 0 saturated carbocycles. The van der Waals surface area contributed by atoms with Gasteiger partial charge < -0.3 is 15.0 Å². The molecular formula is C29H35N3O5S. The monoisotopic (exact) mass is 537 g/mol. The Bertz CT molecular complexity index is 1350. The van der Waals surface area contributed by atoms with E-state index in [0.29, 0.717) is 18.7 Å². The number of amides is 2. The molecule has 0 saturated heterocycles. The molecule has 8 nitrogen and oxygen atoms in total. The maximum absolute atomic E-state index is 14.0. The van der Waals surface area contributed by atoms with Crippen LogP contribution in [0.3, 0.4) is 0 Å². The van der Waals surface area contributed by atoms with E-state index in [1.54, 1.807) is 42.5 Å². The van der Waals surface area contributed by atoms with Crippen molar-refractivity contribution in [1.82, 2.24) is 10.2 Å². The maximum atomic E-state index is 14.0. The number of anilines is 1. The van der Waals surface area contributed by atoms with Crippen LogP contribution in [-0.2, 0) is 26.2 Å². The summed E-state index contributed by atoms with van der Waals surface area (Å²) in [6, 6.07) is 21.4. The number of hydrogen-bond donors (Lipinski definition) is 1. The minimum absolute atomic E-state index is 0.0524. The van der Waals surface area contributed by atoms with Gasteiger partial charge in [0.05, 0.1) is 17.7 Å². The van der Waals surface area contributed by atoms with E-state index in [2.05, 4.69) is 5.32 Å². The van der Waals surface area contributed by atoms with Crippen molar-refractivity contribution in [2.45, 2.75) is 44.7 Å². The largest absolute Gasteiger partial charge is 0.497 e. The predicted molar refractivity (Wildman–Crippen MR) is 148 cm³/mol. The molecule has 0 aliphatic carbocycles. The Hall–Kier alpha value is -3.85. The van der Waals surface area contributed by atoms with Crippen LogP contribution in [0.15, 0.2) is 83.8 Å². The van der Waals surface area contributed by atoms with Crippen LogP contribution in [0, 0.1) is 6.92 Å². The molecule has 3 aromatic rings. The fourth-order valence-corrected chi connectivity index (χ4v) is 5.66. The lowest BCUT2D eigenvalue weighted by Crippen LogP contribution is -2.52. The van der Waals surface area contributed by atoms with E-state index >= 15 is 0 Å². The van der Waals surface area contributed by atoms with Gasteiger partial charge in [-0.05, 0) is 50.1 Å². The third kappa shape index (κ3) is 6.92. The predicted octanol–water partition coefficient (Wildman–Crippen LogP) is 4.14. The van der Waals surface area contributed by atoms with Crippen molar-refractivity contribution in [3.8, 4) is 5.75 Å². The van der Waals surface area contributed by atoms with Crippen molar-refractivity contribution in [1.29, 1.82) is 0 Å². The third-order valence-electron chi connectivity index (χ3n) is 6.12. The highest BCUT2D eigenvalue weighted by molar-refractivity contribution is 7.92. The number of nitrogens with one attached hydrogen (secondary N) is 1. The van der Waals surface area contributed by atoms with Crippen LogP contribution >= 0.6 is 0 Å². The second-order valence-corrected chi connectivity index (χ2v) is 10.7. The third-order valence-corrected chi connectivity index (χ3v) is 7.91. The van der Waals surface area contributed by atoms with E-state index in [1.165, 1.54) is 24.1 Å². The molecule has 3 aromatic carbocycles. The van der Waals surface area contributed by atoms with Gasteiger partial charge in [0.2, 0.25) is 11.8 Å². The number of rotatable bonds is 12. The van der Waals surface area contributed by atoms with E-state index in [9.17, 15) is 18.0 Å². The summed E-state index contributed by atoms with van der Waals surface area (Å²) in [6.45, 7) is 5.68. The van der Waals surface area contributed by atoms with Gasteiger partial charge in [-0.1, -0.05) is 61.0 Å². The van der Waals surface area contributed by atoms with E-state index in [0.717, 1.165) is 15.4 Å². The van der Waals surface area contributed by atoms with Gasteiger partial charge in [0.15, 0.2) is 0 Å². The Morgan fingerprint density at radius 3 is 2.29 bits per heavy atom. The van der Waals surface area contributed by atoms with Crippen LogP contribution in [0.2, 0.25) is 0 Å². The van der Waals surface area contributed by atoms with Gasteiger partial charge in [-0.25, -0.2) is 8.42 Å². The molecule has 9 heteroatoms. The molecule has 0 fully saturated rings. The molecular weight excluding hydrogens is 502 g/mol. The molecule has 0 heterocycles. The molecule has 0 spiro atoms. The highest BCUT2D eigenvalue weighted by Gasteiger charge is 2.33. The highest BCUT2D eigenvalue weighted by Crippen LogP contribution is 2.27. The number of benzene rings is 3. The minimum atomic E-state index is -4.12. The summed E-state index contributed by atoms with van der Waals surface area (Å²) in [5.74, 6) is -0.324. The smallest absolute Gasteiger partial charge is 0.264 e. The molecule has 202 valence electrons. The molecule has 0 aromatic heterocycles. The van der Waals surface area contributed by atoms with Gasteiger partial charge in [-0.3, -0.25) is 13.9 Å². The van der Waals surface area contributed by atoms with Crippen LogP contribution in [0.4, 0.5) is 5.69 Å². The molecule has 0 unspecified atom stereocenters. The van der Waals surface area contributed by atoms with E-state index in [-0.39, 0.29) is 23.0 Å². The number of hydrogen-bond acceptors (Lipinski definition) is 5. The number of nitrogens with zero attached hydrogens (tertiary/aromatic N) is 2. The number of aryl methyl sites for hydroxylation is 1. The number of sulfonamides is 1. The fourth-order valence-electron chi connectivity index (χ4n) is 4.23. The van der Waals surface area contributed by atoms with Crippen LogP contribution in [0.25, 0.3) is 0 Å². The van der Waals surface area contributed by atoms with Gasteiger partial charge in [0, 0.05) is 19.2 Å². The standard InChI is InChI=1S/C29H35N3O5S/c1-5-27(29(34)30-6-2)31(20-23-13-10-12-22(3)18-23)28(33)21-32(24-14-11-15-25(19-24)37-4)38(35,36)26-16-8-7-9-17-26/h7-19,27H,5-6,20-21H2,1-4H3,(H,30,34)/t27-/m1/s1. The normalized spacial score (nSPS) is 11.9. The molecule has 0 radical (unpaired) electrons. The molecule has 2 amide bonds. The summed E-state index contributed by atoms with van der Waals surface area (Å²) in [7, 11) is -2.63. The van der Waals surface area contributed by atoms with Gasteiger partial charge in [-0.2, -0.15) is 0 Å². The van der Waals surface area contributed by atoms with Crippen molar-refractivity contribution < 1.29 is 22.7 Å². The van der Waals surface area contributed by atoms with Crippen LogP contribution in [0.5, 0.6) is 5.75 Å².